The zero-order chi connectivity index (χ0) is 9.68. The number of phenols is 1. The van der Waals surface area contributed by atoms with Crippen LogP contribution >= 0.6 is 11.6 Å². The van der Waals surface area contributed by atoms with Crippen molar-refractivity contribution in [2.75, 3.05) is 6.54 Å². The van der Waals surface area contributed by atoms with E-state index in [-0.39, 0.29) is 5.75 Å². The third kappa shape index (κ3) is 3.09. The molecule has 0 atom stereocenters. The summed E-state index contributed by atoms with van der Waals surface area (Å²) >= 11 is 5.88. The van der Waals surface area contributed by atoms with E-state index in [1.54, 1.807) is 18.2 Å². The van der Waals surface area contributed by atoms with Crippen molar-refractivity contribution < 1.29 is 5.11 Å². The lowest BCUT2D eigenvalue weighted by Gasteiger charge is -1.98. The number of aromatic hydroxyl groups is 1. The Balaban J connectivity index is 2.81. The molecule has 0 radical (unpaired) electrons. The van der Waals surface area contributed by atoms with E-state index in [0.29, 0.717) is 11.6 Å². The molecule has 1 aromatic rings. The number of hydrogen-bond donors (Lipinski definition) is 2. The number of nitrogens with two attached hydrogens (primary N) is 1. The van der Waals surface area contributed by atoms with Crippen LogP contribution in [-0.4, -0.2) is 11.7 Å². The lowest BCUT2D eigenvalue weighted by atomic mass is 10.2. The Kier molecular flexibility index (Phi) is 3.80. The summed E-state index contributed by atoms with van der Waals surface area (Å²) < 4.78 is 0. The van der Waals surface area contributed by atoms with Crippen LogP contribution in [0.2, 0.25) is 5.02 Å². The molecule has 2 nitrogen and oxygen atoms in total. The average Bonchev–Trinajstić information content (AvgIpc) is 2.11. The molecule has 0 aliphatic rings. The van der Waals surface area contributed by atoms with E-state index in [1.807, 2.05) is 12.2 Å². The van der Waals surface area contributed by atoms with E-state index in [9.17, 15) is 5.11 Å². The monoisotopic (exact) mass is 197 g/mol. The average molecular weight is 198 g/mol. The summed E-state index contributed by atoms with van der Waals surface area (Å²) in [4.78, 5) is 0. The fourth-order valence-electron chi connectivity index (χ4n) is 0.965. The largest absolute Gasteiger partial charge is 0.508 e. The van der Waals surface area contributed by atoms with Gasteiger partial charge in [-0.15, -0.1) is 0 Å². The number of halogens is 1. The predicted octanol–water partition coefficient (Wildman–Crippen LogP) is 2.41. The molecule has 0 saturated heterocycles. The summed E-state index contributed by atoms with van der Waals surface area (Å²) in [6, 6.07) is 4.84. The van der Waals surface area contributed by atoms with E-state index < -0.39 is 0 Å². The summed E-state index contributed by atoms with van der Waals surface area (Å²) in [5, 5.41) is 9.81. The Morgan fingerprint density at radius 1 is 1.46 bits per heavy atom. The van der Waals surface area contributed by atoms with Crippen LogP contribution in [0.1, 0.15) is 12.0 Å². The van der Waals surface area contributed by atoms with Crippen molar-refractivity contribution in [3.63, 3.8) is 0 Å². The summed E-state index contributed by atoms with van der Waals surface area (Å²) in [5.74, 6) is 0.219. The van der Waals surface area contributed by atoms with Crippen molar-refractivity contribution in [3.8, 4) is 5.75 Å². The highest BCUT2D eigenvalue weighted by molar-refractivity contribution is 6.32. The molecular weight excluding hydrogens is 186 g/mol. The molecule has 0 fully saturated rings. The maximum atomic E-state index is 9.18. The summed E-state index contributed by atoms with van der Waals surface area (Å²) in [5.41, 5.74) is 6.14. The molecule has 0 unspecified atom stereocenters. The van der Waals surface area contributed by atoms with Crippen molar-refractivity contribution in [1.82, 2.24) is 0 Å². The predicted molar refractivity (Wildman–Crippen MR) is 55.8 cm³/mol. The van der Waals surface area contributed by atoms with Gasteiger partial charge >= 0.3 is 0 Å². The Morgan fingerprint density at radius 2 is 2.23 bits per heavy atom. The third-order valence-electron chi connectivity index (χ3n) is 1.61. The van der Waals surface area contributed by atoms with Crippen molar-refractivity contribution >= 4 is 17.7 Å². The lowest BCUT2D eigenvalue weighted by molar-refractivity contribution is 0.475. The van der Waals surface area contributed by atoms with Gasteiger partial charge in [-0.25, -0.2) is 0 Å². The zero-order valence-electron chi connectivity index (χ0n) is 7.20. The van der Waals surface area contributed by atoms with Crippen molar-refractivity contribution in [3.05, 3.63) is 34.9 Å². The molecule has 0 spiro atoms. The standard InChI is InChI=1S/C10H12ClNO/c11-10-5-4-9(13)7-8(10)3-1-2-6-12/h1,3-5,7,13H,2,6,12H2. The highest BCUT2D eigenvalue weighted by Crippen LogP contribution is 2.22. The smallest absolute Gasteiger partial charge is 0.116 e. The minimum atomic E-state index is 0.219. The maximum absolute atomic E-state index is 9.18. The molecule has 0 aliphatic carbocycles. The fraction of sp³-hybridized carbons (Fsp3) is 0.200. The molecule has 0 heterocycles. The molecule has 3 heteroatoms. The number of phenolic OH excluding ortho intramolecular Hbond substituents is 1. The van der Waals surface area contributed by atoms with Gasteiger partial charge in [0.05, 0.1) is 0 Å². The molecule has 0 saturated carbocycles. The van der Waals surface area contributed by atoms with Gasteiger partial charge in [0.1, 0.15) is 5.75 Å². The van der Waals surface area contributed by atoms with Gasteiger partial charge in [-0.05, 0) is 36.7 Å². The molecule has 1 aromatic carbocycles. The topological polar surface area (TPSA) is 46.2 Å². The van der Waals surface area contributed by atoms with Gasteiger partial charge in [0.25, 0.3) is 0 Å². The second kappa shape index (κ2) is 4.90. The molecule has 70 valence electrons. The molecule has 0 amide bonds. The Bertz CT molecular complexity index is 310. The minimum absolute atomic E-state index is 0.219. The quantitative estimate of drug-likeness (QED) is 0.782. The van der Waals surface area contributed by atoms with Crippen LogP contribution < -0.4 is 5.73 Å². The van der Waals surface area contributed by atoms with Gasteiger partial charge in [-0.1, -0.05) is 23.8 Å². The van der Waals surface area contributed by atoms with Crippen molar-refractivity contribution in [2.45, 2.75) is 6.42 Å². The molecular formula is C10H12ClNO. The maximum Gasteiger partial charge on any atom is 0.116 e. The molecule has 0 aliphatic heterocycles. The minimum Gasteiger partial charge on any atom is -0.508 e. The molecule has 0 bridgehead atoms. The van der Waals surface area contributed by atoms with Crippen LogP contribution in [-0.2, 0) is 0 Å². The Morgan fingerprint density at radius 3 is 2.92 bits per heavy atom. The van der Waals surface area contributed by atoms with E-state index in [4.69, 9.17) is 17.3 Å². The summed E-state index contributed by atoms with van der Waals surface area (Å²) in [7, 11) is 0. The van der Waals surface area contributed by atoms with Crippen LogP contribution in [0.5, 0.6) is 5.75 Å². The van der Waals surface area contributed by atoms with Gasteiger partial charge in [0.15, 0.2) is 0 Å². The highest BCUT2D eigenvalue weighted by atomic mass is 35.5. The van der Waals surface area contributed by atoms with Gasteiger partial charge in [0.2, 0.25) is 0 Å². The van der Waals surface area contributed by atoms with Gasteiger partial charge in [0, 0.05) is 5.02 Å². The first-order valence-electron chi connectivity index (χ1n) is 4.09. The van der Waals surface area contributed by atoms with Crippen LogP contribution in [0.4, 0.5) is 0 Å². The highest BCUT2D eigenvalue weighted by Gasteiger charge is 1.96. The van der Waals surface area contributed by atoms with Crippen molar-refractivity contribution in [2.24, 2.45) is 5.73 Å². The molecule has 13 heavy (non-hydrogen) atoms. The number of hydrogen-bond acceptors (Lipinski definition) is 2. The van der Waals surface area contributed by atoms with Crippen LogP contribution in [0.25, 0.3) is 6.08 Å². The van der Waals surface area contributed by atoms with Crippen LogP contribution in [0.15, 0.2) is 24.3 Å². The van der Waals surface area contributed by atoms with E-state index in [0.717, 1.165) is 12.0 Å². The second-order valence-electron chi connectivity index (χ2n) is 2.69. The first kappa shape index (κ1) is 10.1. The number of benzene rings is 1. The van der Waals surface area contributed by atoms with Crippen molar-refractivity contribution in [1.29, 1.82) is 0 Å². The molecule has 3 N–H and O–H groups in total. The first-order chi connectivity index (χ1) is 6.24. The number of rotatable bonds is 3. The van der Waals surface area contributed by atoms with Gasteiger partial charge < -0.3 is 10.8 Å². The fourth-order valence-corrected chi connectivity index (χ4v) is 1.15. The van der Waals surface area contributed by atoms with E-state index >= 15 is 0 Å². The Labute approximate surface area is 82.6 Å². The molecule has 1 rings (SSSR count). The zero-order valence-corrected chi connectivity index (χ0v) is 7.96. The summed E-state index contributed by atoms with van der Waals surface area (Å²) in [6.07, 6.45) is 4.60. The van der Waals surface area contributed by atoms with Gasteiger partial charge in [-0.3, -0.25) is 0 Å². The van der Waals surface area contributed by atoms with Gasteiger partial charge in [-0.2, -0.15) is 0 Å². The second-order valence-corrected chi connectivity index (χ2v) is 3.09. The van der Waals surface area contributed by atoms with E-state index in [1.165, 1.54) is 0 Å². The Hall–Kier alpha value is -0.990. The van der Waals surface area contributed by atoms with Crippen LogP contribution in [0.3, 0.4) is 0 Å². The van der Waals surface area contributed by atoms with Crippen LogP contribution in [0, 0.1) is 0 Å². The molecule has 0 aromatic heterocycles. The van der Waals surface area contributed by atoms with E-state index in [2.05, 4.69) is 0 Å². The summed E-state index contributed by atoms with van der Waals surface area (Å²) in [6.45, 7) is 0.618. The lowest BCUT2D eigenvalue weighted by Crippen LogP contribution is -1.94. The first-order valence-corrected chi connectivity index (χ1v) is 4.47. The third-order valence-corrected chi connectivity index (χ3v) is 1.95. The normalized spacial score (nSPS) is 10.9. The SMILES string of the molecule is NCCC=Cc1cc(O)ccc1Cl.